The number of nitrogens with zero attached hydrogens (tertiary/aromatic N) is 1. The molecular formula is C13H24N4O4. The molecule has 8 nitrogen and oxygen atoms in total. The SMILES string of the molecule is NC(=O)CC[C@H](NC(=O)NCCCN1CCCC1)C(=O)O. The fourth-order valence-corrected chi connectivity index (χ4v) is 2.26. The molecule has 1 heterocycles. The van der Waals surface area contributed by atoms with Crippen LogP contribution in [-0.2, 0) is 9.59 Å². The highest BCUT2D eigenvalue weighted by Crippen LogP contribution is 2.06. The normalized spacial score (nSPS) is 16.4. The summed E-state index contributed by atoms with van der Waals surface area (Å²) in [6.07, 6.45) is 3.20. The Labute approximate surface area is 124 Å². The van der Waals surface area contributed by atoms with Crippen molar-refractivity contribution in [2.24, 2.45) is 5.73 Å². The lowest BCUT2D eigenvalue weighted by molar-refractivity contribution is -0.139. The molecule has 0 aliphatic carbocycles. The predicted molar refractivity (Wildman–Crippen MR) is 76.7 cm³/mol. The van der Waals surface area contributed by atoms with Gasteiger partial charge in [0.1, 0.15) is 6.04 Å². The van der Waals surface area contributed by atoms with Gasteiger partial charge in [0.2, 0.25) is 5.91 Å². The molecule has 1 saturated heterocycles. The standard InChI is InChI=1S/C13H24N4O4/c14-11(18)5-4-10(12(19)20)16-13(21)15-6-3-9-17-7-1-2-8-17/h10H,1-9H2,(H2,14,18)(H,19,20)(H2,15,16,21)/t10-/m0/s1. The second kappa shape index (κ2) is 9.17. The molecule has 120 valence electrons. The molecule has 1 aliphatic heterocycles. The van der Waals surface area contributed by atoms with Crippen molar-refractivity contribution in [2.45, 2.75) is 38.1 Å². The Kier molecular flexibility index (Phi) is 7.52. The molecular weight excluding hydrogens is 276 g/mol. The van der Waals surface area contributed by atoms with Crippen molar-refractivity contribution < 1.29 is 19.5 Å². The van der Waals surface area contributed by atoms with Crippen molar-refractivity contribution in [3.05, 3.63) is 0 Å². The highest BCUT2D eigenvalue weighted by Gasteiger charge is 2.20. The van der Waals surface area contributed by atoms with Crippen LogP contribution in [0.15, 0.2) is 0 Å². The molecule has 5 N–H and O–H groups in total. The molecule has 1 aliphatic rings. The Hall–Kier alpha value is -1.83. The van der Waals surface area contributed by atoms with Crippen molar-refractivity contribution in [3.63, 3.8) is 0 Å². The first kappa shape index (κ1) is 17.2. The highest BCUT2D eigenvalue weighted by atomic mass is 16.4. The van der Waals surface area contributed by atoms with Crippen LogP contribution in [0.2, 0.25) is 0 Å². The Morgan fingerprint density at radius 1 is 1.24 bits per heavy atom. The van der Waals surface area contributed by atoms with Gasteiger partial charge in [-0.25, -0.2) is 9.59 Å². The van der Waals surface area contributed by atoms with Gasteiger partial charge >= 0.3 is 12.0 Å². The molecule has 0 aromatic heterocycles. The van der Waals surface area contributed by atoms with Crippen LogP contribution in [0.5, 0.6) is 0 Å². The summed E-state index contributed by atoms with van der Waals surface area (Å²) in [6, 6.07) is -1.63. The molecule has 0 spiro atoms. The van der Waals surface area contributed by atoms with Gasteiger partial charge in [-0.05, 0) is 45.3 Å². The van der Waals surface area contributed by atoms with E-state index in [0.29, 0.717) is 6.54 Å². The Bertz CT molecular complexity index is 369. The number of rotatable bonds is 9. The van der Waals surface area contributed by atoms with Crippen LogP contribution in [0.3, 0.4) is 0 Å². The van der Waals surface area contributed by atoms with Crippen LogP contribution >= 0.6 is 0 Å². The quantitative estimate of drug-likeness (QED) is 0.427. The van der Waals surface area contributed by atoms with Gasteiger partial charge in [-0.2, -0.15) is 0 Å². The molecule has 3 amide bonds. The third-order valence-corrected chi connectivity index (χ3v) is 3.42. The third-order valence-electron chi connectivity index (χ3n) is 3.42. The second-order valence-electron chi connectivity index (χ2n) is 5.20. The van der Waals surface area contributed by atoms with Gasteiger partial charge in [0, 0.05) is 13.0 Å². The van der Waals surface area contributed by atoms with Crippen LogP contribution in [0, 0.1) is 0 Å². The van der Waals surface area contributed by atoms with Gasteiger partial charge in [-0.3, -0.25) is 4.79 Å². The molecule has 8 heteroatoms. The number of likely N-dealkylation sites (tertiary alicyclic amines) is 1. The van der Waals surface area contributed by atoms with Gasteiger partial charge in [0.05, 0.1) is 0 Å². The third kappa shape index (κ3) is 7.50. The van der Waals surface area contributed by atoms with Crippen LogP contribution in [0.4, 0.5) is 4.79 Å². The molecule has 0 aromatic carbocycles. The van der Waals surface area contributed by atoms with Gasteiger partial charge in [-0.1, -0.05) is 0 Å². The summed E-state index contributed by atoms with van der Waals surface area (Å²) in [5.74, 6) is -1.77. The maximum atomic E-state index is 11.6. The number of hydrogen-bond acceptors (Lipinski definition) is 4. The first-order valence-corrected chi connectivity index (χ1v) is 7.27. The van der Waals surface area contributed by atoms with E-state index in [9.17, 15) is 14.4 Å². The molecule has 21 heavy (non-hydrogen) atoms. The number of carboxylic acid groups (broad SMARTS) is 1. The minimum atomic E-state index is -1.18. The van der Waals surface area contributed by atoms with Crippen molar-refractivity contribution in [1.29, 1.82) is 0 Å². The number of nitrogens with two attached hydrogens (primary N) is 1. The molecule has 0 unspecified atom stereocenters. The van der Waals surface area contributed by atoms with E-state index in [0.717, 1.165) is 26.1 Å². The summed E-state index contributed by atoms with van der Waals surface area (Å²) < 4.78 is 0. The minimum absolute atomic E-state index is 0.00807. The van der Waals surface area contributed by atoms with Crippen molar-refractivity contribution in [2.75, 3.05) is 26.2 Å². The number of hydrogen-bond donors (Lipinski definition) is 4. The predicted octanol–water partition coefficient (Wildman–Crippen LogP) is -0.510. The molecule has 0 saturated carbocycles. The zero-order valence-electron chi connectivity index (χ0n) is 12.1. The lowest BCUT2D eigenvalue weighted by Crippen LogP contribution is -2.46. The number of carbonyl (C=O) groups is 3. The van der Waals surface area contributed by atoms with E-state index in [1.165, 1.54) is 12.8 Å². The van der Waals surface area contributed by atoms with Gasteiger partial charge in [0.25, 0.3) is 0 Å². The summed E-state index contributed by atoms with van der Waals surface area (Å²) in [4.78, 5) is 35.5. The van der Waals surface area contributed by atoms with Gasteiger partial charge in [-0.15, -0.1) is 0 Å². The number of amides is 3. The van der Waals surface area contributed by atoms with Crippen LogP contribution in [-0.4, -0.2) is 60.1 Å². The summed E-state index contributed by atoms with van der Waals surface area (Å²) in [5.41, 5.74) is 4.96. The largest absolute Gasteiger partial charge is 0.480 e. The van der Waals surface area contributed by atoms with Crippen LogP contribution in [0.25, 0.3) is 0 Å². The molecule has 1 fully saturated rings. The van der Waals surface area contributed by atoms with Crippen LogP contribution < -0.4 is 16.4 Å². The Balaban J connectivity index is 2.16. The number of carbonyl (C=O) groups excluding carboxylic acids is 2. The van der Waals surface area contributed by atoms with Crippen molar-refractivity contribution in [1.82, 2.24) is 15.5 Å². The number of urea groups is 1. The number of nitrogens with one attached hydrogen (secondary N) is 2. The maximum absolute atomic E-state index is 11.6. The lowest BCUT2D eigenvalue weighted by atomic mass is 10.1. The average Bonchev–Trinajstić information content (AvgIpc) is 2.92. The smallest absolute Gasteiger partial charge is 0.326 e. The van der Waals surface area contributed by atoms with Crippen molar-refractivity contribution in [3.8, 4) is 0 Å². The molecule has 0 aromatic rings. The molecule has 0 bridgehead atoms. The lowest BCUT2D eigenvalue weighted by Gasteiger charge is -2.16. The topological polar surface area (TPSA) is 125 Å². The first-order valence-electron chi connectivity index (χ1n) is 7.27. The van der Waals surface area contributed by atoms with E-state index >= 15 is 0 Å². The van der Waals surface area contributed by atoms with E-state index in [1.807, 2.05) is 0 Å². The zero-order valence-corrected chi connectivity index (χ0v) is 12.1. The summed E-state index contributed by atoms with van der Waals surface area (Å²) >= 11 is 0. The van der Waals surface area contributed by atoms with E-state index in [1.54, 1.807) is 0 Å². The van der Waals surface area contributed by atoms with Crippen molar-refractivity contribution >= 4 is 17.9 Å². The van der Waals surface area contributed by atoms with Crippen LogP contribution in [0.1, 0.15) is 32.1 Å². The van der Waals surface area contributed by atoms with E-state index < -0.39 is 23.9 Å². The van der Waals surface area contributed by atoms with E-state index in [-0.39, 0.29) is 12.8 Å². The number of primary amides is 1. The first-order chi connectivity index (χ1) is 9.99. The Morgan fingerprint density at radius 2 is 1.90 bits per heavy atom. The molecule has 1 rings (SSSR count). The second-order valence-corrected chi connectivity index (χ2v) is 5.20. The fourth-order valence-electron chi connectivity index (χ4n) is 2.26. The monoisotopic (exact) mass is 300 g/mol. The van der Waals surface area contributed by atoms with Gasteiger partial charge in [0.15, 0.2) is 0 Å². The van der Waals surface area contributed by atoms with E-state index in [4.69, 9.17) is 10.8 Å². The average molecular weight is 300 g/mol. The zero-order chi connectivity index (χ0) is 15.7. The Morgan fingerprint density at radius 3 is 2.48 bits per heavy atom. The number of aliphatic carboxylic acids is 1. The summed E-state index contributed by atoms with van der Waals surface area (Å²) in [5, 5.41) is 13.9. The van der Waals surface area contributed by atoms with Gasteiger partial charge < -0.3 is 26.4 Å². The summed E-state index contributed by atoms with van der Waals surface area (Å²) in [7, 11) is 0. The summed E-state index contributed by atoms with van der Waals surface area (Å²) in [6.45, 7) is 3.65. The minimum Gasteiger partial charge on any atom is -0.480 e. The highest BCUT2D eigenvalue weighted by molar-refractivity contribution is 5.83. The molecule has 0 radical (unpaired) electrons. The van der Waals surface area contributed by atoms with E-state index in [2.05, 4.69) is 15.5 Å². The molecule has 1 atom stereocenters. The number of carboxylic acids is 1. The fraction of sp³-hybridized carbons (Fsp3) is 0.769. The maximum Gasteiger partial charge on any atom is 0.326 e.